The van der Waals surface area contributed by atoms with Gasteiger partial charge in [-0.3, -0.25) is 4.79 Å². The molecule has 0 spiro atoms. The summed E-state index contributed by atoms with van der Waals surface area (Å²) in [5.74, 6) is -0.492. The molecule has 0 fully saturated rings. The molecule has 0 saturated carbocycles. The Labute approximate surface area is 152 Å². The third-order valence-corrected chi connectivity index (χ3v) is 3.74. The first-order valence-electron chi connectivity index (χ1n) is 8.37. The molecular weight excluding hydrogens is 334 g/mol. The van der Waals surface area contributed by atoms with E-state index < -0.39 is 24.2 Å². The minimum absolute atomic E-state index is 0.130. The van der Waals surface area contributed by atoms with Crippen LogP contribution in [0.15, 0.2) is 60.7 Å². The van der Waals surface area contributed by atoms with Gasteiger partial charge in [-0.05, 0) is 17.5 Å². The van der Waals surface area contributed by atoms with E-state index in [-0.39, 0.29) is 13.2 Å². The third-order valence-electron chi connectivity index (χ3n) is 3.74. The van der Waals surface area contributed by atoms with E-state index in [1.807, 2.05) is 60.7 Å². The van der Waals surface area contributed by atoms with E-state index in [4.69, 9.17) is 9.47 Å². The predicted octanol–water partition coefficient (Wildman–Crippen LogP) is 2.45. The second kappa shape index (κ2) is 10.2. The zero-order valence-corrected chi connectivity index (χ0v) is 14.6. The maximum atomic E-state index is 12.1. The Morgan fingerprint density at radius 1 is 0.962 bits per heavy atom. The largest absolute Gasteiger partial charge is 0.463 e. The number of ether oxygens (including phenoxy) is 2. The van der Waals surface area contributed by atoms with Gasteiger partial charge in [-0.25, -0.2) is 4.79 Å². The number of hydrogen-bond donors (Lipinski definition) is 2. The summed E-state index contributed by atoms with van der Waals surface area (Å²) in [5.41, 5.74) is 1.80. The zero-order valence-electron chi connectivity index (χ0n) is 14.6. The number of nitrogens with one attached hydrogen (secondary N) is 1. The first-order valence-corrected chi connectivity index (χ1v) is 8.37. The highest BCUT2D eigenvalue weighted by Crippen LogP contribution is 2.08. The van der Waals surface area contributed by atoms with Gasteiger partial charge in [-0.1, -0.05) is 60.7 Å². The molecule has 2 N–H and O–H groups in total. The summed E-state index contributed by atoms with van der Waals surface area (Å²) >= 11 is 0. The Kier molecular flexibility index (Phi) is 7.64. The van der Waals surface area contributed by atoms with Crippen molar-refractivity contribution in [3.05, 3.63) is 71.8 Å². The number of aliphatic hydroxyl groups excluding tert-OH is 1. The van der Waals surface area contributed by atoms with E-state index >= 15 is 0 Å². The summed E-state index contributed by atoms with van der Waals surface area (Å²) in [7, 11) is 0. The molecule has 0 aliphatic heterocycles. The van der Waals surface area contributed by atoms with Crippen LogP contribution in [-0.2, 0) is 27.3 Å². The summed E-state index contributed by atoms with van der Waals surface area (Å²) in [5, 5.41) is 13.0. The Balaban J connectivity index is 1.95. The number of carbonyl (C=O) groups excluding carboxylic acids is 2. The van der Waals surface area contributed by atoms with Crippen LogP contribution >= 0.6 is 0 Å². The van der Waals surface area contributed by atoms with Crippen LogP contribution in [0, 0.1) is 0 Å². The maximum absolute atomic E-state index is 12.1. The van der Waals surface area contributed by atoms with Crippen molar-refractivity contribution in [1.82, 2.24) is 5.32 Å². The third kappa shape index (κ3) is 6.94. The van der Waals surface area contributed by atoms with Gasteiger partial charge in [-0.15, -0.1) is 0 Å². The lowest BCUT2D eigenvalue weighted by Crippen LogP contribution is -2.47. The summed E-state index contributed by atoms with van der Waals surface area (Å²) in [6, 6.07) is 18.1. The molecule has 0 aromatic heterocycles. The molecule has 138 valence electrons. The van der Waals surface area contributed by atoms with Gasteiger partial charge in [0, 0.05) is 6.92 Å². The topological polar surface area (TPSA) is 84.9 Å². The number of rotatable bonds is 8. The number of carbonyl (C=O) groups is 2. The fourth-order valence-corrected chi connectivity index (χ4v) is 2.39. The minimum Gasteiger partial charge on any atom is -0.463 e. The molecule has 6 heteroatoms. The van der Waals surface area contributed by atoms with Gasteiger partial charge in [0.25, 0.3) is 0 Å². The lowest BCUT2D eigenvalue weighted by Gasteiger charge is -2.23. The molecule has 0 unspecified atom stereocenters. The molecule has 0 aliphatic rings. The maximum Gasteiger partial charge on any atom is 0.407 e. The summed E-state index contributed by atoms with van der Waals surface area (Å²) in [6.07, 6.45) is -1.32. The normalized spacial score (nSPS) is 12.7. The molecule has 2 aromatic carbocycles. The van der Waals surface area contributed by atoms with Crippen LogP contribution in [0.5, 0.6) is 0 Å². The minimum atomic E-state index is -1.05. The van der Waals surface area contributed by atoms with Gasteiger partial charge in [0.2, 0.25) is 0 Å². The van der Waals surface area contributed by atoms with Gasteiger partial charge >= 0.3 is 12.1 Å². The average Bonchev–Trinajstić information content (AvgIpc) is 2.65. The molecule has 6 nitrogen and oxygen atoms in total. The van der Waals surface area contributed by atoms with E-state index in [0.717, 1.165) is 11.1 Å². The predicted molar refractivity (Wildman–Crippen MR) is 96.3 cm³/mol. The first-order chi connectivity index (χ1) is 12.5. The van der Waals surface area contributed by atoms with Crippen LogP contribution in [0.1, 0.15) is 18.1 Å². The molecule has 2 atom stereocenters. The van der Waals surface area contributed by atoms with Crippen LogP contribution in [-0.4, -0.2) is 35.9 Å². The summed E-state index contributed by atoms with van der Waals surface area (Å²) < 4.78 is 10.1. The van der Waals surface area contributed by atoms with E-state index in [1.165, 1.54) is 6.92 Å². The van der Waals surface area contributed by atoms with Gasteiger partial charge in [0.05, 0.1) is 6.04 Å². The van der Waals surface area contributed by atoms with E-state index in [9.17, 15) is 14.7 Å². The standard InChI is InChI=1S/C20H23NO5/c1-15(22)25-14-19(23)18(12-16-8-4-2-5-9-16)21-20(24)26-13-17-10-6-3-7-11-17/h2-11,18-19,23H,12-14H2,1H3,(H,21,24)/t18-,19+/m0/s1. The number of esters is 1. The highest BCUT2D eigenvalue weighted by Gasteiger charge is 2.23. The molecule has 26 heavy (non-hydrogen) atoms. The second-order valence-electron chi connectivity index (χ2n) is 5.87. The van der Waals surface area contributed by atoms with Crippen LogP contribution in [0.25, 0.3) is 0 Å². The summed E-state index contributed by atoms with van der Waals surface area (Å²) in [4.78, 5) is 23.1. The molecule has 0 saturated heterocycles. The quantitative estimate of drug-likeness (QED) is 0.709. The Hall–Kier alpha value is -2.86. The zero-order chi connectivity index (χ0) is 18.8. The lowest BCUT2D eigenvalue weighted by molar-refractivity contribution is -0.144. The highest BCUT2D eigenvalue weighted by molar-refractivity contribution is 5.68. The van der Waals surface area contributed by atoms with Gasteiger partial charge in [0.15, 0.2) is 0 Å². The lowest BCUT2D eigenvalue weighted by atomic mass is 10.0. The van der Waals surface area contributed by atoms with Crippen molar-refractivity contribution in [2.45, 2.75) is 32.1 Å². The van der Waals surface area contributed by atoms with Crippen molar-refractivity contribution in [2.24, 2.45) is 0 Å². The molecule has 2 rings (SSSR count). The smallest absolute Gasteiger partial charge is 0.407 e. The van der Waals surface area contributed by atoms with E-state index in [0.29, 0.717) is 6.42 Å². The molecule has 1 amide bonds. The van der Waals surface area contributed by atoms with Crippen molar-refractivity contribution < 1.29 is 24.2 Å². The fourth-order valence-electron chi connectivity index (χ4n) is 2.39. The molecule has 2 aromatic rings. The number of amides is 1. The van der Waals surface area contributed by atoms with Crippen LogP contribution in [0.3, 0.4) is 0 Å². The Morgan fingerprint density at radius 3 is 2.12 bits per heavy atom. The van der Waals surface area contributed by atoms with E-state index in [1.54, 1.807) is 0 Å². The fraction of sp³-hybridized carbons (Fsp3) is 0.300. The monoisotopic (exact) mass is 357 g/mol. The number of aliphatic hydroxyl groups is 1. The molecule has 0 heterocycles. The van der Waals surface area contributed by atoms with Crippen LogP contribution < -0.4 is 5.32 Å². The van der Waals surface area contributed by atoms with Gasteiger partial charge in [0.1, 0.15) is 19.3 Å². The van der Waals surface area contributed by atoms with E-state index in [2.05, 4.69) is 5.32 Å². The van der Waals surface area contributed by atoms with Crippen molar-refractivity contribution in [3.63, 3.8) is 0 Å². The van der Waals surface area contributed by atoms with Crippen LogP contribution in [0.4, 0.5) is 4.79 Å². The van der Waals surface area contributed by atoms with Crippen molar-refractivity contribution >= 4 is 12.1 Å². The number of hydrogen-bond acceptors (Lipinski definition) is 5. The molecular formula is C20H23NO5. The summed E-state index contributed by atoms with van der Waals surface area (Å²) in [6.45, 7) is 1.19. The molecule has 0 aliphatic carbocycles. The Morgan fingerprint density at radius 2 is 1.54 bits per heavy atom. The number of benzene rings is 2. The van der Waals surface area contributed by atoms with Crippen molar-refractivity contribution in [2.75, 3.05) is 6.61 Å². The first kappa shape index (κ1) is 19.5. The molecule has 0 radical (unpaired) electrons. The van der Waals surface area contributed by atoms with Gasteiger partial charge < -0.3 is 19.9 Å². The van der Waals surface area contributed by atoms with Crippen molar-refractivity contribution in [1.29, 1.82) is 0 Å². The Bertz CT molecular complexity index is 690. The highest BCUT2D eigenvalue weighted by atomic mass is 16.6. The molecule has 0 bridgehead atoms. The van der Waals surface area contributed by atoms with Gasteiger partial charge in [-0.2, -0.15) is 0 Å². The average molecular weight is 357 g/mol. The second-order valence-corrected chi connectivity index (χ2v) is 5.87. The van der Waals surface area contributed by atoms with Crippen LogP contribution in [0.2, 0.25) is 0 Å². The van der Waals surface area contributed by atoms with Crippen molar-refractivity contribution in [3.8, 4) is 0 Å². The SMILES string of the molecule is CC(=O)OC[C@@H](O)[C@H](Cc1ccccc1)NC(=O)OCc1ccccc1. The number of alkyl carbamates (subject to hydrolysis) is 1.